The van der Waals surface area contributed by atoms with E-state index in [0.717, 1.165) is 51.8 Å². The van der Waals surface area contributed by atoms with Gasteiger partial charge in [0.2, 0.25) is 0 Å². The third kappa shape index (κ3) is 7.67. The first kappa shape index (κ1) is 38.5. The number of rotatable bonds is 14. The van der Waals surface area contributed by atoms with E-state index in [1.807, 2.05) is 6.07 Å². The second-order valence-corrected chi connectivity index (χ2v) is 16.5. The van der Waals surface area contributed by atoms with Gasteiger partial charge in [-0.2, -0.15) is 0 Å². The number of anilines is 6. The maximum atomic E-state index is 6.58. The van der Waals surface area contributed by atoms with E-state index >= 15 is 0 Å². The van der Waals surface area contributed by atoms with Crippen molar-refractivity contribution in [2.45, 2.75) is 89.4 Å². The summed E-state index contributed by atoms with van der Waals surface area (Å²) >= 11 is 0. The van der Waals surface area contributed by atoms with Crippen LogP contribution in [0.4, 0.5) is 34.1 Å². The molecule has 3 nitrogen and oxygen atoms in total. The summed E-state index contributed by atoms with van der Waals surface area (Å²) in [5.74, 6) is 0.693. The van der Waals surface area contributed by atoms with E-state index < -0.39 is 0 Å². The molecule has 1 saturated carbocycles. The Hall–Kier alpha value is -6.06. The maximum Gasteiger partial charge on any atom is 0.159 e. The van der Waals surface area contributed by atoms with Crippen molar-refractivity contribution in [1.82, 2.24) is 0 Å². The lowest BCUT2D eigenvalue weighted by atomic mass is 9.69. The van der Waals surface area contributed by atoms with Crippen LogP contribution in [0.3, 0.4) is 0 Å². The monoisotopic (exact) mass is 772 g/mol. The lowest BCUT2D eigenvalue weighted by molar-refractivity contribution is 0.431. The predicted molar refractivity (Wildman–Crippen MR) is 251 cm³/mol. The Morgan fingerprint density at radius 2 is 1.02 bits per heavy atom. The molecule has 3 heteroatoms. The molecule has 0 amide bonds. The van der Waals surface area contributed by atoms with Crippen LogP contribution in [0.25, 0.3) is 21.9 Å². The number of fused-ring (bicyclic) bond motifs is 3. The third-order valence-corrected chi connectivity index (χ3v) is 13.0. The Balaban J connectivity index is 1.08. The molecule has 0 N–H and O–H groups in total. The SMILES string of the molecule is CCCCCC(CC)(c1ccc(N(c2ccccc2)c2ccc(C3CCCCC3)cc2)cc1)c1ccc(N(c2ccccc2)c2cccc3c2oc2ccccc23)cc1. The van der Waals surface area contributed by atoms with Gasteiger partial charge in [0.1, 0.15) is 5.58 Å². The molecule has 0 aliphatic heterocycles. The van der Waals surface area contributed by atoms with Crippen molar-refractivity contribution in [2.24, 2.45) is 0 Å². The summed E-state index contributed by atoms with van der Waals surface area (Å²) in [7, 11) is 0. The molecule has 9 rings (SSSR count). The van der Waals surface area contributed by atoms with E-state index in [9.17, 15) is 0 Å². The lowest BCUT2D eigenvalue weighted by Gasteiger charge is -2.36. The number of benzene rings is 7. The highest BCUT2D eigenvalue weighted by molar-refractivity contribution is 6.10. The van der Waals surface area contributed by atoms with Crippen LogP contribution in [0.2, 0.25) is 0 Å². The molecule has 0 radical (unpaired) electrons. The maximum absolute atomic E-state index is 6.58. The smallest absolute Gasteiger partial charge is 0.159 e. The molecule has 8 aromatic rings. The fraction of sp³-hybridized carbons (Fsp3) is 0.250. The van der Waals surface area contributed by atoms with Gasteiger partial charge in [-0.15, -0.1) is 0 Å². The fourth-order valence-corrected chi connectivity index (χ4v) is 9.84. The molecule has 1 unspecified atom stereocenters. The number of nitrogens with zero attached hydrogens (tertiary/aromatic N) is 2. The quantitative estimate of drug-likeness (QED) is 0.103. The molecular weight excluding hydrogens is 717 g/mol. The fourth-order valence-electron chi connectivity index (χ4n) is 9.84. The largest absolute Gasteiger partial charge is 0.454 e. The minimum Gasteiger partial charge on any atom is -0.454 e. The summed E-state index contributed by atoms with van der Waals surface area (Å²) in [6.07, 6.45) is 12.4. The molecule has 1 atom stereocenters. The summed E-state index contributed by atoms with van der Waals surface area (Å²) in [5, 5.41) is 2.26. The first-order valence-electron chi connectivity index (χ1n) is 22.1. The van der Waals surface area contributed by atoms with Gasteiger partial charge < -0.3 is 14.2 Å². The summed E-state index contributed by atoms with van der Waals surface area (Å²) < 4.78 is 6.58. The number of hydrogen-bond donors (Lipinski definition) is 0. The highest BCUT2D eigenvalue weighted by Crippen LogP contribution is 2.46. The summed E-state index contributed by atoms with van der Waals surface area (Å²) in [4.78, 5) is 4.75. The number of para-hydroxylation sites is 4. The predicted octanol–water partition coefficient (Wildman–Crippen LogP) is 16.8. The average molecular weight is 773 g/mol. The van der Waals surface area contributed by atoms with Gasteiger partial charge in [0.25, 0.3) is 0 Å². The summed E-state index contributed by atoms with van der Waals surface area (Å²) in [6.45, 7) is 4.67. The first-order chi connectivity index (χ1) is 29.2. The van der Waals surface area contributed by atoms with Crippen molar-refractivity contribution in [3.8, 4) is 0 Å². The van der Waals surface area contributed by atoms with Crippen molar-refractivity contribution in [1.29, 1.82) is 0 Å². The zero-order valence-corrected chi connectivity index (χ0v) is 34.7. The van der Waals surface area contributed by atoms with Gasteiger partial charge in [-0.3, -0.25) is 0 Å². The number of furan rings is 1. The van der Waals surface area contributed by atoms with E-state index in [-0.39, 0.29) is 5.41 Å². The Morgan fingerprint density at radius 1 is 0.492 bits per heavy atom. The molecule has 59 heavy (non-hydrogen) atoms. The van der Waals surface area contributed by atoms with Crippen LogP contribution in [0.15, 0.2) is 180 Å². The Kier molecular flexibility index (Phi) is 11.4. The van der Waals surface area contributed by atoms with Crippen molar-refractivity contribution < 1.29 is 4.42 Å². The molecular formula is C56H56N2O. The Bertz CT molecular complexity index is 2570. The Labute approximate surface area is 350 Å². The highest BCUT2D eigenvalue weighted by atomic mass is 16.3. The van der Waals surface area contributed by atoms with Gasteiger partial charge in [-0.05, 0) is 121 Å². The minimum atomic E-state index is -0.123. The van der Waals surface area contributed by atoms with Crippen LogP contribution in [0.1, 0.15) is 101 Å². The standard InChI is InChI=1S/C56H56N2O/c1-3-5-17-41-56(4-2,44-31-37-49(38-32-44)57(46-21-11-7-12-22-46)48-35-29-43(30-36-48)42-19-9-6-10-20-42)45-33-39-50(40-34-45)58(47-23-13-8-14-24-47)53-27-18-26-52-51-25-15-16-28-54(51)59-55(52)53/h7-8,11-16,18,21-40,42H,3-6,9-10,17,19-20,41H2,1-2H3. The van der Waals surface area contributed by atoms with E-state index in [0.29, 0.717) is 5.92 Å². The van der Waals surface area contributed by atoms with Crippen LogP contribution >= 0.6 is 0 Å². The second-order valence-electron chi connectivity index (χ2n) is 16.5. The van der Waals surface area contributed by atoms with E-state index in [1.54, 1.807) is 0 Å². The highest BCUT2D eigenvalue weighted by Gasteiger charge is 2.33. The van der Waals surface area contributed by atoms with Crippen molar-refractivity contribution in [3.05, 3.63) is 193 Å². The first-order valence-corrected chi connectivity index (χ1v) is 22.1. The van der Waals surface area contributed by atoms with Gasteiger partial charge >= 0.3 is 0 Å². The number of unbranched alkanes of at least 4 members (excludes halogenated alkanes) is 2. The molecule has 0 saturated heterocycles. The van der Waals surface area contributed by atoms with Gasteiger partial charge in [-0.25, -0.2) is 0 Å². The van der Waals surface area contributed by atoms with Crippen LogP contribution in [0, 0.1) is 0 Å². The molecule has 0 bridgehead atoms. The zero-order valence-electron chi connectivity index (χ0n) is 34.7. The van der Waals surface area contributed by atoms with Gasteiger partial charge in [0.05, 0.1) is 5.69 Å². The van der Waals surface area contributed by atoms with Gasteiger partial charge in [-0.1, -0.05) is 156 Å². The molecule has 0 spiro atoms. The second kappa shape index (κ2) is 17.4. The molecule has 1 fully saturated rings. The van der Waals surface area contributed by atoms with Crippen molar-refractivity contribution in [3.63, 3.8) is 0 Å². The number of hydrogen-bond acceptors (Lipinski definition) is 3. The molecule has 1 aromatic heterocycles. The molecule has 1 heterocycles. The zero-order chi connectivity index (χ0) is 40.0. The van der Waals surface area contributed by atoms with Crippen LogP contribution < -0.4 is 9.80 Å². The summed E-state index contributed by atoms with van der Waals surface area (Å²) in [6, 6.07) is 64.7. The Morgan fingerprint density at radius 3 is 1.63 bits per heavy atom. The van der Waals surface area contributed by atoms with Crippen LogP contribution in [0.5, 0.6) is 0 Å². The van der Waals surface area contributed by atoms with E-state index in [2.05, 4.69) is 194 Å². The van der Waals surface area contributed by atoms with Crippen LogP contribution in [-0.4, -0.2) is 0 Å². The van der Waals surface area contributed by atoms with Crippen molar-refractivity contribution in [2.75, 3.05) is 9.80 Å². The van der Waals surface area contributed by atoms with E-state index in [1.165, 1.54) is 85.1 Å². The molecule has 296 valence electrons. The van der Waals surface area contributed by atoms with Gasteiger partial charge in [0.15, 0.2) is 5.58 Å². The van der Waals surface area contributed by atoms with E-state index in [4.69, 9.17) is 4.42 Å². The van der Waals surface area contributed by atoms with Gasteiger partial charge in [0, 0.05) is 44.6 Å². The molecule has 7 aromatic carbocycles. The van der Waals surface area contributed by atoms with Crippen LogP contribution in [-0.2, 0) is 5.41 Å². The topological polar surface area (TPSA) is 19.6 Å². The molecule has 1 aliphatic carbocycles. The third-order valence-electron chi connectivity index (χ3n) is 13.0. The minimum absolute atomic E-state index is 0.123. The normalized spacial score (nSPS) is 14.3. The lowest BCUT2D eigenvalue weighted by Crippen LogP contribution is -2.27. The van der Waals surface area contributed by atoms with Crippen molar-refractivity contribution >= 4 is 56.1 Å². The average Bonchev–Trinajstić information content (AvgIpc) is 3.70. The molecule has 1 aliphatic rings. The summed E-state index contributed by atoms with van der Waals surface area (Å²) in [5.41, 5.74) is 12.7.